The fraction of sp³-hybridized carbons (Fsp3) is 0. The molecule has 0 aromatic carbocycles. The summed E-state index contributed by atoms with van der Waals surface area (Å²) in [7, 11) is 0. The summed E-state index contributed by atoms with van der Waals surface area (Å²) in [6, 6.07) is 3.89. The van der Waals surface area contributed by atoms with Crippen LogP contribution in [0.25, 0.3) is 22.0 Å². The molecule has 0 aliphatic heterocycles. The molecule has 0 saturated carbocycles. The molecule has 17 heavy (non-hydrogen) atoms. The minimum atomic E-state index is 0.799. The number of nitrogens with zero attached hydrogens (tertiary/aromatic N) is 4. The highest BCUT2D eigenvalue weighted by atomic mass is 32.1. The Labute approximate surface area is 102 Å². The van der Waals surface area contributed by atoms with Gasteiger partial charge in [-0.25, -0.2) is 4.98 Å². The summed E-state index contributed by atoms with van der Waals surface area (Å²) in [5.41, 5.74) is 2.73. The highest BCUT2D eigenvalue weighted by Gasteiger charge is 2.07. The van der Waals surface area contributed by atoms with Gasteiger partial charge >= 0.3 is 0 Å². The van der Waals surface area contributed by atoms with Crippen LogP contribution in [0.4, 0.5) is 0 Å². The van der Waals surface area contributed by atoms with Crippen LogP contribution >= 0.6 is 11.3 Å². The summed E-state index contributed by atoms with van der Waals surface area (Å²) in [6.45, 7) is 0. The van der Waals surface area contributed by atoms with Crippen LogP contribution in [0.5, 0.6) is 0 Å². The van der Waals surface area contributed by atoms with Crippen molar-refractivity contribution in [3.63, 3.8) is 0 Å². The van der Waals surface area contributed by atoms with Gasteiger partial charge in [0, 0.05) is 35.7 Å². The molecular formula is C12H8N4S. The average Bonchev–Trinajstić information content (AvgIpc) is 2.90. The van der Waals surface area contributed by atoms with E-state index in [1.807, 2.05) is 17.5 Å². The Bertz CT molecular complexity index is 553. The molecule has 5 heteroatoms. The zero-order valence-corrected chi connectivity index (χ0v) is 9.63. The molecule has 0 fully saturated rings. The Balaban J connectivity index is 1.99. The van der Waals surface area contributed by atoms with Crippen LogP contribution in [0, 0.1) is 0 Å². The van der Waals surface area contributed by atoms with Gasteiger partial charge in [-0.3, -0.25) is 15.0 Å². The number of hydrogen-bond donors (Lipinski definition) is 0. The normalized spacial score (nSPS) is 10.4. The maximum Gasteiger partial charge on any atom is 0.144 e. The van der Waals surface area contributed by atoms with E-state index in [9.17, 15) is 0 Å². The van der Waals surface area contributed by atoms with Gasteiger partial charge in [-0.2, -0.15) is 0 Å². The van der Waals surface area contributed by atoms with E-state index in [-0.39, 0.29) is 0 Å². The van der Waals surface area contributed by atoms with Crippen molar-refractivity contribution in [3.05, 3.63) is 48.5 Å². The Morgan fingerprint density at radius 1 is 0.941 bits per heavy atom. The highest BCUT2D eigenvalue weighted by Crippen LogP contribution is 2.26. The van der Waals surface area contributed by atoms with E-state index < -0.39 is 0 Å². The Morgan fingerprint density at radius 2 is 1.88 bits per heavy atom. The van der Waals surface area contributed by atoms with Crippen molar-refractivity contribution in [1.29, 1.82) is 0 Å². The van der Waals surface area contributed by atoms with Crippen LogP contribution in [-0.4, -0.2) is 19.9 Å². The van der Waals surface area contributed by atoms with E-state index in [1.165, 1.54) is 0 Å². The van der Waals surface area contributed by atoms with Gasteiger partial charge in [0.15, 0.2) is 0 Å². The standard InChI is InChI=1S/C12H8N4S/c1-2-9(6-13-3-1)11-8-17-12(16-11)10-7-14-4-5-15-10/h1-8H. The maximum absolute atomic E-state index is 4.53. The van der Waals surface area contributed by atoms with Crippen molar-refractivity contribution >= 4 is 11.3 Å². The van der Waals surface area contributed by atoms with E-state index in [0.717, 1.165) is 22.0 Å². The molecule has 0 bridgehead atoms. The molecule has 3 aromatic rings. The van der Waals surface area contributed by atoms with Crippen molar-refractivity contribution in [2.75, 3.05) is 0 Å². The lowest BCUT2D eigenvalue weighted by Crippen LogP contribution is -1.84. The lowest BCUT2D eigenvalue weighted by Gasteiger charge is -1.94. The van der Waals surface area contributed by atoms with Crippen molar-refractivity contribution in [1.82, 2.24) is 19.9 Å². The first-order valence-corrected chi connectivity index (χ1v) is 5.94. The predicted octanol–water partition coefficient (Wildman–Crippen LogP) is 2.66. The van der Waals surface area contributed by atoms with Crippen LogP contribution in [0.2, 0.25) is 0 Å². The molecule has 0 N–H and O–H groups in total. The minimum absolute atomic E-state index is 0.799. The Hall–Kier alpha value is -2.14. The monoisotopic (exact) mass is 240 g/mol. The summed E-state index contributed by atoms with van der Waals surface area (Å²) in [5.74, 6) is 0. The summed E-state index contributed by atoms with van der Waals surface area (Å²) in [5, 5.41) is 2.87. The van der Waals surface area contributed by atoms with Crippen molar-refractivity contribution in [2.45, 2.75) is 0 Å². The van der Waals surface area contributed by atoms with Gasteiger partial charge < -0.3 is 0 Å². The highest BCUT2D eigenvalue weighted by molar-refractivity contribution is 7.13. The zero-order chi connectivity index (χ0) is 11.5. The molecule has 82 valence electrons. The number of thiazole rings is 1. The molecule has 0 amide bonds. The van der Waals surface area contributed by atoms with E-state index in [2.05, 4.69) is 19.9 Å². The molecule has 4 nitrogen and oxygen atoms in total. The van der Waals surface area contributed by atoms with Gasteiger partial charge in [0.1, 0.15) is 10.7 Å². The van der Waals surface area contributed by atoms with Crippen molar-refractivity contribution < 1.29 is 0 Å². The van der Waals surface area contributed by atoms with Crippen LogP contribution in [0.3, 0.4) is 0 Å². The topological polar surface area (TPSA) is 51.6 Å². The van der Waals surface area contributed by atoms with Gasteiger partial charge in [-0.1, -0.05) is 0 Å². The molecule has 0 aliphatic rings. The molecule has 0 atom stereocenters. The van der Waals surface area contributed by atoms with E-state index in [4.69, 9.17) is 0 Å². The van der Waals surface area contributed by atoms with E-state index in [1.54, 1.807) is 42.3 Å². The van der Waals surface area contributed by atoms with Crippen LogP contribution in [-0.2, 0) is 0 Å². The van der Waals surface area contributed by atoms with Gasteiger partial charge in [-0.05, 0) is 12.1 Å². The summed E-state index contributed by atoms with van der Waals surface area (Å²) in [6.07, 6.45) is 8.58. The molecule has 0 saturated heterocycles. The number of hydrogen-bond acceptors (Lipinski definition) is 5. The molecular weight excluding hydrogens is 232 g/mol. The number of aromatic nitrogens is 4. The number of pyridine rings is 1. The molecule has 0 aliphatic carbocycles. The summed E-state index contributed by atoms with van der Waals surface area (Å²) < 4.78 is 0. The van der Waals surface area contributed by atoms with E-state index >= 15 is 0 Å². The molecule has 3 heterocycles. The zero-order valence-electron chi connectivity index (χ0n) is 8.82. The molecule has 3 aromatic heterocycles. The molecule has 3 rings (SSSR count). The second-order valence-electron chi connectivity index (χ2n) is 3.37. The first-order valence-electron chi connectivity index (χ1n) is 5.06. The first kappa shape index (κ1) is 10.0. The van der Waals surface area contributed by atoms with Gasteiger partial charge in [0.25, 0.3) is 0 Å². The van der Waals surface area contributed by atoms with Crippen LogP contribution < -0.4 is 0 Å². The van der Waals surface area contributed by atoms with Gasteiger partial charge in [0.05, 0.1) is 11.9 Å². The molecule has 0 unspecified atom stereocenters. The fourth-order valence-corrected chi connectivity index (χ4v) is 2.24. The second-order valence-corrected chi connectivity index (χ2v) is 4.23. The lowest BCUT2D eigenvalue weighted by molar-refractivity contribution is 1.19. The largest absolute Gasteiger partial charge is 0.264 e. The quantitative estimate of drug-likeness (QED) is 0.691. The third-order valence-corrected chi connectivity index (χ3v) is 3.11. The lowest BCUT2D eigenvalue weighted by atomic mass is 10.2. The minimum Gasteiger partial charge on any atom is -0.264 e. The first-order chi connectivity index (χ1) is 8.43. The second kappa shape index (κ2) is 4.39. The third kappa shape index (κ3) is 2.05. The van der Waals surface area contributed by atoms with Crippen LogP contribution in [0.1, 0.15) is 0 Å². The number of rotatable bonds is 2. The van der Waals surface area contributed by atoms with E-state index in [0.29, 0.717) is 0 Å². The van der Waals surface area contributed by atoms with Gasteiger partial charge in [0.2, 0.25) is 0 Å². The maximum atomic E-state index is 4.53. The smallest absolute Gasteiger partial charge is 0.144 e. The average molecular weight is 240 g/mol. The van der Waals surface area contributed by atoms with Crippen LogP contribution in [0.15, 0.2) is 48.5 Å². The summed E-state index contributed by atoms with van der Waals surface area (Å²) in [4.78, 5) is 16.9. The molecule has 0 spiro atoms. The van der Waals surface area contributed by atoms with Crippen molar-refractivity contribution in [3.8, 4) is 22.0 Å². The fourth-order valence-electron chi connectivity index (χ4n) is 1.45. The molecule has 0 radical (unpaired) electrons. The SMILES string of the molecule is c1cncc(-c2csc(-c3cnccn3)n2)c1. The Kier molecular flexibility index (Phi) is 2.59. The van der Waals surface area contributed by atoms with Gasteiger partial charge in [-0.15, -0.1) is 11.3 Å². The third-order valence-electron chi connectivity index (χ3n) is 2.24. The Morgan fingerprint density at radius 3 is 2.65 bits per heavy atom. The van der Waals surface area contributed by atoms with Crippen molar-refractivity contribution in [2.24, 2.45) is 0 Å². The predicted molar refractivity (Wildman–Crippen MR) is 66.4 cm³/mol. The summed E-state index contributed by atoms with van der Waals surface area (Å²) >= 11 is 1.56.